The molecule has 142 valence electrons. The third-order valence-electron chi connectivity index (χ3n) is 4.58. The second kappa shape index (κ2) is 7.92. The highest BCUT2D eigenvalue weighted by Gasteiger charge is 2.41. The Morgan fingerprint density at radius 3 is 2.00 bits per heavy atom. The van der Waals surface area contributed by atoms with Crippen LogP contribution in [0.1, 0.15) is 47.0 Å². The van der Waals surface area contributed by atoms with Crippen molar-refractivity contribution in [3.05, 3.63) is 0 Å². The third kappa shape index (κ3) is 7.70. The first-order chi connectivity index (χ1) is 10.6. The van der Waals surface area contributed by atoms with Crippen LogP contribution in [0.3, 0.4) is 0 Å². The molecule has 1 rings (SSSR count). The summed E-state index contributed by atoms with van der Waals surface area (Å²) in [5, 5.41) is 3.69. The van der Waals surface area contributed by atoms with E-state index in [9.17, 15) is 4.46 Å². The van der Waals surface area contributed by atoms with Crippen LogP contribution in [0.25, 0.3) is 0 Å². The van der Waals surface area contributed by atoms with E-state index in [1.54, 1.807) is 0 Å². The van der Waals surface area contributed by atoms with Crippen LogP contribution in [-0.4, -0.2) is 48.1 Å². The lowest BCUT2D eigenvalue weighted by atomic mass is 9.81. The lowest BCUT2D eigenvalue weighted by Crippen LogP contribution is -2.59. The molecule has 4 nitrogen and oxygen atoms in total. The number of piperidine rings is 1. The topological polar surface area (TPSA) is 47.6 Å². The van der Waals surface area contributed by atoms with E-state index in [0.717, 1.165) is 31.9 Å². The van der Waals surface area contributed by atoms with Gasteiger partial charge in [0.15, 0.2) is 8.32 Å². The molecule has 1 atom stereocenters. The number of nitrogens with one attached hydrogen (secondary N) is 1. The molecule has 1 aliphatic heterocycles. The summed E-state index contributed by atoms with van der Waals surface area (Å²) in [6.45, 7) is 20.4. The summed E-state index contributed by atoms with van der Waals surface area (Å²) < 4.78 is 24.9. The number of hydrogen-bond donors (Lipinski definition) is 1. The molecule has 0 aromatic heterocycles. The van der Waals surface area contributed by atoms with Gasteiger partial charge in [0, 0.05) is 17.7 Å². The van der Waals surface area contributed by atoms with E-state index >= 15 is 0 Å². The maximum atomic E-state index is 12.3. The number of ether oxygens (including phenoxy) is 1. The van der Waals surface area contributed by atoms with Crippen molar-refractivity contribution in [1.29, 1.82) is 0 Å². The molecule has 0 amide bonds. The fourth-order valence-corrected chi connectivity index (χ4v) is 17.2. The zero-order valence-electron chi connectivity index (χ0n) is 17.3. The van der Waals surface area contributed by atoms with Crippen molar-refractivity contribution < 1.29 is 13.3 Å². The van der Waals surface area contributed by atoms with Crippen molar-refractivity contribution >= 4 is 24.4 Å². The van der Waals surface area contributed by atoms with E-state index in [1.165, 1.54) is 0 Å². The Morgan fingerprint density at radius 1 is 1.08 bits per heavy atom. The summed E-state index contributed by atoms with van der Waals surface area (Å²) in [5.74, 6) is 0. The minimum atomic E-state index is -2.09. The molecule has 0 bridgehead atoms. The lowest BCUT2D eigenvalue weighted by Gasteiger charge is -2.46. The summed E-state index contributed by atoms with van der Waals surface area (Å²) in [7, 11) is -5.35. The SMILES string of the molecule is C[Si](=O)[Si](C)(CCCOC1CC(C)(C)NC(C)(C)C1)O[Si](C)(C)C. The Kier molecular flexibility index (Phi) is 7.38. The molecular weight excluding hydrogens is 350 g/mol. The summed E-state index contributed by atoms with van der Waals surface area (Å²) >= 11 is 0. The Balaban J connectivity index is 2.50. The van der Waals surface area contributed by atoms with Gasteiger partial charge in [0.05, 0.1) is 6.10 Å². The van der Waals surface area contributed by atoms with Gasteiger partial charge in [0.25, 0.3) is 8.20 Å². The van der Waals surface area contributed by atoms with Gasteiger partial charge in [-0.1, -0.05) is 0 Å². The summed E-state index contributed by atoms with van der Waals surface area (Å²) in [6.07, 6.45) is 3.35. The monoisotopic (exact) mass is 389 g/mol. The number of hydrogen-bond acceptors (Lipinski definition) is 4. The minimum absolute atomic E-state index is 0.116. The third-order valence-corrected chi connectivity index (χ3v) is 17.8. The van der Waals surface area contributed by atoms with Crippen LogP contribution >= 0.6 is 0 Å². The molecule has 1 heterocycles. The highest BCUT2D eigenvalue weighted by atomic mass is 29.2. The second-order valence-corrected chi connectivity index (χ2v) is 24.3. The molecule has 1 N–H and O–H groups in total. The minimum Gasteiger partial charge on any atom is -0.453 e. The Morgan fingerprint density at radius 2 is 1.58 bits per heavy atom. The van der Waals surface area contributed by atoms with Crippen molar-refractivity contribution in [1.82, 2.24) is 5.32 Å². The Labute approximate surface area is 152 Å². The van der Waals surface area contributed by atoms with Crippen LogP contribution in [0.5, 0.6) is 0 Å². The molecule has 0 aromatic rings. The van der Waals surface area contributed by atoms with Gasteiger partial charge in [-0.2, -0.15) is 0 Å². The molecule has 1 saturated heterocycles. The predicted molar refractivity (Wildman–Crippen MR) is 108 cm³/mol. The summed E-state index contributed by atoms with van der Waals surface area (Å²) in [5.41, 5.74) is 0.233. The normalized spacial score (nSPS) is 23.7. The van der Waals surface area contributed by atoms with Crippen LogP contribution in [0, 0.1) is 0 Å². The molecule has 24 heavy (non-hydrogen) atoms. The Hall–Kier alpha value is 0.331. The van der Waals surface area contributed by atoms with Gasteiger partial charge in [0.2, 0.25) is 7.83 Å². The van der Waals surface area contributed by atoms with Crippen LogP contribution in [0.15, 0.2) is 0 Å². The highest BCUT2D eigenvalue weighted by molar-refractivity contribution is 7.25. The quantitative estimate of drug-likeness (QED) is 0.498. The molecule has 1 fully saturated rings. The maximum Gasteiger partial charge on any atom is 0.285 e. The predicted octanol–water partition coefficient (Wildman–Crippen LogP) is 4.26. The zero-order valence-corrected chi connectivity index (χ0v) is 20.3. The Bertz CT molecular complexity index is 433. The van der Waals surface area contributed by atoms with Crippen molar-refractivity contribution in [2.45, 2.75) is 103 Å². The molecule has 1 unspecified atom stereocenters. The van der Waals surface area contributed by atoms with E-state index in [4.69, 9.17) is 8.85 Å². The molecule has 1 aliphatic rings. The van der Waals surface area contributed by atoms with Crippen molar-refractivity contribution in [3.8, 4) is 0 Å². The van der Waals surface area contributed by atoms with E-state index in [0.29, 0.717) is 6.10 Å². The fraction of sp³-hybridized carbons (Fsp3) is 1.00. The maximum absolute atomic E-state index is 12.3. The van der Waals surface area contributed by atoms with Crippen LogP contribution in [0.2, 0.25) is 38.8 Å². The first-order valence-corrected chi connectivity index (χ1v) is 18.2. The van der Waals surface area contributed by atoms with E-state index in [1.807, 2.05) is 6.55 Å². The summed E-state index contributed by atoms with van der Waals surface area (Å²) in [6, 6.07) is 0.948. The molecular formula is C17H39NO3Si3. The average Bonchev–Trinajstić information content (AvgIpc) is 2.28. The largest absolute Gasteiger partial charge is 0.453 e. The zero-order chi connectivity index (χ0) is 18.8. The van der Waals surface area contributed by atoms with Gasteiger partial charge in [-0.3, -0.25) is 0 Å². The average molecular weight is 390 g/mol. The lowest BCUT2D eigenvalue weighted by molar-refractivity contribution is -0.0214. The molecule has 0 spiro atoms. The van der Waals surface area contributed by atoms with Crippen molar-refractivity contribution in [2.24, 2.45) is 0 Å². The van der Waals surface area contributed by atoms with Gasteiger partial charge in [-0.15, -0.1) is 0 Å². The van der Waals surface area contributed by atoms with Gasteiger partial charge < -0.3 is 18.6 Å². The molecule has 0 aliphatic carbocycles. The van der Waals surface area contributed by atoms with E-state index < -0.39 is 24.4 Å². The van der Waals surface area contributed by atoms with Crippen LogP contribution in [0.4, 0.5) is 0 Å². The van der Waals surface area contributed by atoms with Crippen LogP contribution in [-0.2, 0) is 13.3 Å². The molecule has 7 heteroatoms. The summed E-state index contributed by atoms with van der Waals surface area (Å²) in [4.78, 5) is 0. The van der Waals surface area contributed by atoms with Gasteiger partial charge in [-0.05, 0) is 85.7 Å². The highest BCUT2D eigenvalue weighted by Crippen LogP contribution is 2.30. The van der Waals surface area contributed by atoms with Gasteiger partial charge in [0.1, 0.15) is 0 Å². The molecule has 0 saturated carbocycles. The van der Waals surface area contributed by atoms with Crippen molar-refractivity contribution in [3.63, 3.8) is 0 Å². The van der Waals surface area contributed by atoms with Gasteiger partial charge in [-0.25, -0.2) is 0 Å². The standard InChI is InChI=1S/C17H39NO3Si3/c1-16(2)13-15(14-17(3,4)18-16)20-11-10-12-24(9,22(5)19)21-23(6,7)8/h15,18H,10-14H2,1-9H3. The van der Waals surface area contributed by atoms with Crippen LogP contribution < -0.4 is 5.32 Å². The molecule has 0 radical (unpaired) electrons. The fourth-order valence-electron chi connectivity index (χ4n) is 3.98. The number of rotatable bonds is 8. The van der Waals surface area contributed by atoms with E-state index in [2.05, 4.69) is 59.2 Å². The molecule has 0 aromatic carbocycles. The van der Waals surface area contributed by atoms with E-state index in [-0.39, 0.29) is 11.1 Å². The first-order valence-electron chi connectivity index (χ1n) is 9.26. The smallest absolute Gasteiger partial charge is 0.285 e. The van der Waals surface area contributed by atoms with Crippen molar-refractivity contribution in [2.75, 3.05) is 6.61 Å². The second-order valence-electron chi connectivity index (χ2n) is 9.90. The first kappa shape index (κ1) is 22.4. The van der Waals surface area contributed by atoms with Gasteiger partial charge >= 0.3 is 0 Å².